The quantitative estimate of drug-likeness (QED) is 0.664. The van der Waals surface area contributed by atoms with Crippen LogP contribution in [0.5, 0.6) is 11.5 Å². The number of hydrogen-bond donors (Lipinski definition) is 2. The number of aldehydes is 1. The largest absolute Gasteiger partial charge is 0.505 e. The van der Waals surface area contributed by atoms with Crippen molar-refractivity contribution in [3.8, 4) is 11.5 Å². The Bertz CT molecular complexity index is 826. The third kappa shape index (κ3) is 2.73. The number of anilines is 1. The van der Waals surface area contributed by atoms with Crippen molar-refractivity contribution in [1.29, 1.82) is 0 Å². The van der Waals surface area contributed by atoms with E-state index < -0.39 is 0 Å². The first kappa shape index (κ1) is 16.1. The Morgan fingerprint density at radius 1 is 1.33 bits per heavy atom. The highest BCUT2D eigenvalue weighted by Gasteiger charge is 2.24. The van der Waals surface area contributed by atoms with E-state index in [0.29, 0.717) is 36.3 Å². The van der Waals surface area contributed by atoms with Crippen molar-refractivity contribution in [3.05, 3.63) is 57.9 Å². The van der Waals surface area contributed by atoms with Crippen LogP contribution in [0.25, 0.3) is 6.08 Å². The Hall–Kier alpha value is -2.82. The Morgan fingerprint density at radius 3 is 2.67 bits per heavy atom. The molecule has 4 nitrogen and oxygen atoms in total. The molecular weight excluding hydrogens is 309 g/mol. The van der Waals surface area contributed by atoms with E-state index in [1.165, 1.54) is 19.2 Å². The molecule has 0 saturated heterocycles. The minimum atomic E-state index is -0.261. The Morgan fingerprint density at radius 2 is 2.04 bits per heavy atom. The van der Waals surface area contributed by atoms with Crippen molar-refractivity contribution in [2.45, 2.75) is 13.3 Å². The molecule has 0 fully saturated rings. The maximum absolute atomic E-state index is 13.0. The van der Waals surface area contributed by atoms with Crippen molar-refractivity contribution < 1.29 is 19.0 Å². The molecule has 0 spiro atoms. The van der Waals surface area contributed by atoms with E-state index in [1.54, 1.807) is 19.1 Å². The summed E-state index contributed by atoms with van der Waals surface area (Å²) in [5, 5.41) is 13.5. The fourth-order valence-electron chi connectivity index (χ4n) is 3.04. The van der Waals surface area contributed by atoms with E-state index in [4.69, 9.17) is 4.74 Å². The minimum Gasteiger partial charge on any atom is -0.505 e. The van der Waals surface area contributed by atoms with Crippen LogP contribution in [-0.4, -0.2) is 25.0 Å². The van der Waals surface area contributed by atoms with Crippen molar-refractivity contribution in [1.82, 2.24) is 0 Å². The van der Waals surface area contributed by atoms with Crippen LogP contribution in [0.4, 0.5) is 10.1 Å². The summed E-state index contributed by atoms with van der Waals surface area (Å²) in [6.07, 6.45) is 3.24. The van der Waals surface area contributed by atoms with Crippen LogP contribution >= 0.6 is 0 Å². The zero-order valence-corrected chi connectivity index (χ0v) is 13.5. The molecule has 0 atom stereocenters. The molecular formula is C19H18FNO3. The highest BCUT2D eigenvalue weighted by molar-refractivity contribution is 5.93. The van der Waals surface area contributed by atoms with Crippen LogP contribution in [0.3, 0.4) is 0 Å². The van der Waals surface area contributed by atoms with Crippen LogP contribution < -0.4 is 10.1 Å². The number of methoxy groups -OCH3 is 1. The van der Waals surface area contributed by atoms with Crippen LogP contribution in [0, 0.1) is 12.7 Å². The monoisotopic (exact) mass is 327 g/mol. The summed E-state index contributed by atoms with van der Waals surface area (Å²) in [6.45, 7) is 2.27. The lowest BCUT2D eigenvalue weighted by molar-refractivity contribution is 0.112. The van der Waals surface area contributed by atoms with Gasteiger partial charge in [-0.05, 0) is 42.7 Å². The molecule has 2 aromatic rings. The summed E-state index contributed by atoms with van der Waals surface area (Å²) < 4.78 is 18.5. The summed E-state index contributed by atoms with van der Waals surface area (Å²) in [6, 6.07) is 6.38. The molecule has 1 aliphatic rings. The van der Waals surface area contributed by atoms with E-state index in [1.807, 2.05) is 6.08 Å². The second kappa shape index (κ2) is 6.35. The Kier molecular flexibility index (Phi) is 4.25. The molecule has 0 bridgehead atoms. The molecule has 1 aliphatic heterocycles. The first-order valence-electron chi connectivity index (χ1n) is 7.61. The SMILES string of the molecule is COc1c(C)c(C=O)c(O)c2c1C=C(Cc1ccc(F)cc1)CN2. The van der Waals surface area contributed by atoms with Gasteiger partial charge in [-0.25, -0.2) is 4.39 Å². The van der Waals surface area contributed by atoms with E-state index in [-0.39, 0.29) is 17.1 Å². The number of fused-ring (bicyclic) bond motifs is 1. The highest BCUT2D eigenvalue weighted by Crippen LogP contribution is 2.44. The molecule has 0 amide bonds. The number of halogens is 1. The van der Waals surface area contributed by atoms with Gasteiger partial charge in [-0.3, -0.25) is 4.79 Å². The van der Waals surface area contributed by atoms with Gasteiger partial charge >= 0.3 is 0 Å². The van der Waals surface area contributed by atoms with Gasteiger partial charge in [0.25, 0.3) is 0 Å². The summed E-state index contributed by atoms with van der Waals surface area (Å²) >= 11 is 0. The molecule has 2 N–H and O–H groups in total. The number of phenols is 1. The van der Waals surface area contributed by atoms with Crippen molar-refractivity contribution in [2.75, 3.05) is 19.0 Å². The molecule has 0 aliphatic carbocycles. The van der Waals surface area contributed by atoms with Crippen LogP contribution in [0.1, 0.15) is 27.0 Å². The van der Waals surface area contributed by atoms with E-state index in [0.717, 1.165) is 16.7 Å². The van der Waals surface area contributed by atoms with Gasteiger partial charge in [0.15, 0.2) is 6.29 Å². The molecule has 0 saturated carbocycles. The smallest absolute Gasteiger partial charge is 0.154 e. The Balaban J connectivity index is 2.04. The van der Waals surface area contributed by atoms with Gasteiger partial charge < -0.3 is 15.2 Å². The van der Waals surface area contributed by atoms with Gasteiger partial charge in [0.05, 0.1) is 18.4 Å². The van der Waals surface area contributed by atoms with E-state index in [2.05, 4.69) is 5.32 Å². The molecule has 0 radical (unpaired) electrons. The van der Waals surface area contributed by atoms with Gasteiger partial charge in [0.1, 0.15) is 17.3 Å². The summed E-state index contributed by atoms with van der Waals surface area (Å²) in [5.74, 6) is 0.243. The maximum Gasteiger partial charge on any atom is 0.154 e. The average Bonchev–Trinajstić information content (AvgIpc) is 2.58. The third-order valence-corrected chi connectivity index (χ3v) is 4.26. The summed E-state index contributed by atoms with van der Waals surface area (Å²) in [5.41, 5.74) is 4.13. The lowest BCUT2D eigenvalue weighted by atomic mass is 9.93. The number of phenolic OH excluding ortho intramolecular Hbond substituents is 1. The first-order valence-corrected chi connectivity index (χ1v) is 7.61. The molecule has 24 heavy (non-hydrogen) atoms. The molecule has 5 heteroatoms. The van der Waals surface area contributed by atoms with Gasteiger partial charge in [-0.15, -0.1) is 0 Å². The molecule has 124 valence electrons. The molecule has 2 aromatic carbocycles. The second-order valence-corrected chi connectivity index (χ2v) is 5.79. The number of nitrogens with one attached hydrogen (secondary N) is 1. The topological polar surface area (TPSA) is 58.6 Å². The number of rotatable bonds is 4. The average molecular weight is 327 g/mol. The zero-order chi connectivity index (χ0) is 17.3. The molecule has 0 unspecified atom stereocenters. The number of aromatic hydroxyl groups is 1. The van der Waals surface area contributed by atoms with Crippen LogP contribution in [0.15, 0.2) is 29.8 Å². The third-order valence-electron chi connectivity index (χ3n) is 4.26. The van der Waals surface area contributed by atoms with E-state index >= 15 is 0 Å². The summed E-state index contributed by atoms with van der Waals surface area (Å²) in [4.78, 5) is 11.2. The van der Waals surface area contributed by atoms with Gasteiger partial charge in [-0.2, -0.15) is 0 Å². The number of carbonyl (C=O) groups excluding carboxylic acids is 1. The van der Waals surface area contributed by atoms with Crippen molar-refractivity contribution >= 4 is 18.0 Å². The predicted molar refractivity (Wildman–Crippen MR) is 91.4 cm³/mol. The van der Waals surface area contributed by atoms with Crippen molar-refractivity contribution in [2.24, 2.45) is 0 Å². The number of benzene rings is 2. The first-order chi connectivity index (χ1) is 11.5. The van der Waals surface area contributed by atoms with E-state index in [9.17, 15) is 14.3 Å². The molecule has 3 rings (SSSR count). The zero-order valence-electron chi connectivity index (χ0n) is 13.5. The molecule has 1 heterocycles. The maximum atomic E-state index is 13.0. The lowest BCUT2D eigenvalue weighted by Crippen LogP contribution is -2.14. The number of hydrogen-bond acceptors (Lipinski definition) is 4. The minimum absolute atomic E-state index is 0.0598. The van der Waals surface area contributed by atoms with Gasteiger partial charge in [0.2, 0.25) is 0 Å². The van der Waals surface area contributed by atoms with Gasteiger partial charge in [-0.1, -0.05) is 12.1 Å². The normalized spacial score (nSPS) is 12.9. The fraction of sp³-hybridized carbons (Fsp3) is 0.211. The van der Waals surface area contributed by atoms with Crippen molar-refractivity contribution in [3.63, 3.8) is 0 Å². The fourth-order valence-corrected chi connectivity index (χ4v) is 3.04. The number of carbonyl (C=O) groups is 1. The van der Waals surface area contributed by atoms with Crippen LogP contribution in [0.2, 0.25) is 0 Å². The Labute approximate surface area is 139 Å². The predicted octanol–water partition coefficient (Wildman–Crippen LogP) is 3.71. The molecule has 0 aromatic heterocycles. The van der Waals surface area contributed by atoms with Gasteiger partial charge in [0, 0.05) is 17.7 Å². The van der Waals surface area contributed by atoms with Crippen LogP contribution in [-0.2, 0) is 6.42 Å². The highest BCUT2D eigenvalue weighted by atomic mass is 19.1. The standard InChI is InChI=1S/C19H18FNO3/c1-11-16(10-22)18(23)17-15(19(11)24-2)8-13(9-21-17)7-12-3-5-14(20)6-4-12/h3-6,8,10,21,23H,7,9H2,1-2H3. The second-order valence-electron chi connectivity index (χ2n) is 5.79. The number of ether oxygens (including phenoxy) is 1. The summed E-state index contributed by atoms with van der Waals surface area (Å²) in [7, 11) is 1.54. The lowest BCUT2D eigenvalue weighted by Gasteiger charge is -2.24.